The molecule has 0 spiro atoms. The summed E-state index contributed by atoms with van der Waals surface area (Å²) in [5.74, 6) is 0.636. The Labute approximate surface area is 232 Å². The largest absolute Gasteiger partial charge is 0.465 e. The highest BCUT2D eigenvalue weighted by molar-refractivity contribution is 7.99. The van der Waals surface area contributed by atoms with E-state index in [1.54, 1.807) is 4.68 Å². The van der Waals surface area contributed by atoms with Crippen molar-refractivity contribution in [2.24, 2.45) is 0 Å². The lowest BCUT2D eigenvalue weighted by atomic mass is 10.1. The predicted molar refractivity (Wildman–Crippen MR) is 150 cm³/mol. The molecule has 1 N–H and O–H groups in total. The highest BCUT2D eigenvalue weighted by Crippen LogP contribution is 2.39. The van der Waals surface area contributed by atoms with Crippen LogP contribution >= 0.6 is 23.1 Å². The third-order valence-corrected chi connectivity index (χ3v) is 8.69. The molecular formula is C27H25N7O3S2. The second-order valence-electron chi connectivity index (χ2n) is 9.01. The molecule has 3 heterocycles. The maximum Gasteiger partial charge on any atom is 0.341 e. The number of aromatic nitrogens is 6. The zero-order chi connectivity index (χ0) is 26.8. The van der Waals surface area contributed by atoms with Crippen LogP contribution in [0.15, 0.2) is 59.8 Å². The van der Waals surface area contributed by atoms with Crippen molar-refractivity contribution in [3.8, 4) is 5.69 Å². The summed E-state index contributed by atoms with van der Waals surface area (Å²) in [4.78, 5) is 26.4. The van der Waals surface area contributed by atoms with Crippen LogP contribution in [-0.2, 0) is 28.9 Å². The smallest absolute Gasteiger partial charge is 0.341 e. The van der Waals surface area contributed by atoms with Gasteiger partial charge < -0.3 is 10.1 Å². The summed E-state index contributed by atoms with van der Waals surface area (Å²) < 4.78 is 8.77. The van der Waals surface area contributed by atoms with Gasteiger partial charge in [-0.2, -0.15) is 0 Å². The van der Waals surface area contributed by atoms with Gasteiger partial charge in [-0.3, -0.25) is 9.36 Å². The van der Waals surface area contributed by atoms with Gasteiger partial charge in [0.05, 0.1) is 18.2 Å². The van der Waals surface area contributed by atoms with Gasteiger partial charge in [-0.05, 0) is 49.1 Å². The van der Waals surface area contributed by atoms with Crippen LogP contribution in [0.3, 0.4) is 0 Å². The van der Waals surface area contributed by atoms with Crippen molar-refractivity contribution in [3.05, 3.63) is 76.4 Å². The van der Waals surface area contributed by atoms with E-state index < -0.39 is 5.97 Å². The first kappa shape index (κ1) is 25.3. The Morgan fingerprint density at radius 3 is 2.72 bits per heavy atom. The Balaban J connectivity index is 1.18. The van der Waals surface area contributed by atoms with Crippen molar-refractivity contribution in [1.82, 2.24) is 29.8 Å². The Hall–Kier alpha value is -4.03. The Bertz CT molecular complexity index is 1660. The number of amides is 1. The molecule has 10 nitrogen and oxygen atoms in total. The van der Waals surface area contributed by atoms with Crippen molar-refractivity contribution in [3.63, 3.8) is 0 Å². The summed E-state index contributed by atoms with van der Waals surface area (Å²) in [7, 11) is 1.37. The van der Waals surface area contributed by atoms with E-state index in [0.29, 0.717) is 33.8 Å². The number of esters is 1. The average Bonchev–Trinajstić information content (AvgIpc) is 3.73. The predicted octanol–water partition coefficient (Wildman–Crippen LogP) is 4.52. The molecule has 12 heteroatoms. The number of hydrogen-bond acceptors (Lipinski definition) is 9. The molecule has 0 radical (unpaired) electrons. The van der Waals surface area contributed by atoms with E-state index in [4.69, 9.17) is 4.74 Å². The molecule has 6 rings (SSSR count). The number of fused-ring (bicyclic) bond motifs is 2. The van der Waals surface area contributed by atoms with Crippen LogP contribution in [0.5, 0.6) is 0 Å². The van der Waals surface area contributed by atoms with Crippen molar-refractivity contribution < 1.29 is 14.3 Å². The normalized spacial score (nSPS) is 12.5. The molecule has 198 valence electrons. The minimum absolute atomic E-state index is 0.160. The van der Waals surface area contributed by atoms with E-state index in [1.807, 2.05) is 59.2 Å². The number of benzene rings is 2. The molecule has 39 heavy (non-hydrogen) atoms. The van der Waals surface area contributed by atoms with Gasteiger partial charge in [0, 0.05) is 22.7 Å². The van der Waals surface area contributed by atoms with Gasteiger partial charge >= 0.3 is 5.97 Å². The number of thiophene rings is 1. The number of thioether (sulfide) groups is 1. The van der Waals surface area contributed by atoms with Crippen LogP contribution in [-0.4, -0.2) is 54.5 Å². The van der Waals surface area contributed by atoms with Crippen molar-refractivity contribution in [2.45, 2.75) is 37.4 Å². The molecule has 0 unspecified atom stereocenters. The minimum Gasteiger partial charge on any atom is -0.465 e. The number of carbonyl (C=O) groups excluding carboxylic acids is 2. The third kappa shape index (κ3) is 5.04. The number of methoxy groups -OCH3 is 1. The molecule has 0 atom stereocenters. The fraction of sp³-hybridized carbons (Fsp3) is 0.259. The van der Waals surface area contributed by atoms with Crippen LogP contribution < -0.4 is 5.32 Å². The summed E-state index contributed by atoms with van der Waals surface area (Å²) in [6.07, 6.45) is 3.03. The second kappa shape index (κ2) is 11.0. The van der Waals surface area contributed by atoms with E-state index >= 15 is 0 Å². The molecule has 1 aliphatic rings. The number of rotatable bonds is 9. The fourth-order valence-corrected chi connectivity index (χ4v) is 6.94. The van der Waals surface area contributed by atoms with E-state index in [9.17, 15) is 9.59 Å². The first-order valence-corrected chi connectivity index (χ1v) is 14.4. The Morgan fingerprint density at radius 1 is 1.05 bits per heavy atom. The summed E-state index contributed by atoms with van der Waals surface area (Å²) >= 11 is 2.93. The van der Waals surface area contributed by atoms with Gasteiger partial charge in [0.2, 0.25) is 5.91 Å². The third-order valence-electron chi connectivity index (χ3n) is 6.55. The lowest BCUT2D eigenvalue weighted by molar-refractivity contribution is -0.115. The number of para-hydroxylation sites is 2. The molecule has 0 bridgehead atoms. The van der Waals surface area contributed by atoms with Crippen LogP contribution in [0.4, 0.5) is 5.00 Å². The molecule has 1 amide bonds. The number of anilines is 1. The monoisotopic (exact) mass is 559 g/mol. The first-order valence-electron chi connectivity index (χ1n) is 12.6. The molecule has 0 saturated carbocycles. The summed E-state index contributed by atoms with van der Waals surface area (Å²) in [6.45, 7) is 0.392. The second-order valence-corrected chi connectivity index (χ2v) is 11.2. The topological polar surface area (TPSA) is 117 Å². The van der Waals surface area contributed by atoms with Crippen LogP contribution in [0, 0.1) is 0 Å². The number of carbonyl (C=O) groups is 2. The minimum atomic E-state index is -0.400. The SMILES string of the molecule is COC(=O)c1c(NC(=O)CCSc2nnc(Cn3nnc4ccccc43)n2-c2ccccc2)sc2c1CCC2. The molecule has 3 aromatic heterocycles. The van der Waals surface area contributed by atoms with E-state index in [0.717, 1.165) is 46.4 Å². The standard InChI is InChI=1S/C27H25N7O3S2/c1-37-26(36)24-18-10-7-13-21(18)39-25(24)28-23(35)14-15-38-27-31-30-22(34(27)17-8-3-2-4-9-17)16-33-20-12-6-5-11-19(20)29-32-33/h2-6,8-9,11-12H,7,10,13-16H2,1H3,(H,28,35). The van der Waals surface area contributed by atoms with Crippen molar-refractivity contribution >= 4 is 51.0 Å². The molecule has 0 fully saturated rings. The molecule has 0 saturated heterocycles. The zero-order valence-electron chi connectivity index (χ0n) is 21.2. The Morgan fingerprint density at radius 2 is 1.87 bits per heavy atom. The van der Waals surface area contributed by atoms with Crippen LogP contribution in [0.25, 0.3) is 16.7 Å². The maximum atomic E-state index is 12.9. The highest BCUT2D eigenvalue weighted by Gasteiger charge is 2.28. The van der Waals surface area contributed by atoms with E-state index in [1.165, 1.54) is 30.2 Å². The number of nitrogens with zero attached hydrogens (tertiary/aromatic N) is 6. The van der Waals surface area contributed by atoms with Crippen molar-refractivity contribution in [2.75, 3.05) is 18.2 Å². The number of aryl methyl sites for hydroxylation is 1. The highest BCUT2D eigenvalue weighted by atomic mass is 32.2. The quantitative estimate of drug-likeness (QED) is 0.207. The summed E-state index contributed by atoms with van der Waals surface area (Å²) in [5.41, 5.74) is 4.17. The van der Waals surface area contributed by atoms with Gasteiger partial charge in [0.25, 0.3) is 0 Å². The lowest BCUT2D eigenvalue weighted by Gasteiger charge is -2.11. The first-order chi connectivity index (χ1) is 19.1. The van der Waals surface area contributed by atoms with Crippen LogP contribution in [0.1, 0.15) is 39.5 Å². The molecule has 0 aliphatic heterocycles. The van der Waals surface area contributed by atoms with Gasteiger partial charge in [0.15, 0.2) is 11.0 Å². The lowest BCUT2D eigenvalue weighted by Crippen LogP contribution is -2.15. The zero-order valence-corrected chi connectivity index (χ0v) is 22.8. The number of ether oxygens (including phenoxy) is 1. The average molecular weight is 560 g/mol. The number of nitrogens with one attached hydrogen (secondary N) is 1. The maximum absolute atomic E-state index is 12.9. The van der Waals surface area contributed by atoms with Crippen LogP contribution in [0.2, 0.25) is 0 Å². The van der Waals surface area contributed by atoms with E-state index in [2.05, 4.69) is 25.8 Å². The van der Waals surface area contributed by atoms with Gasteiger partial charge in [-0.25, -0.2) is 9.48 Å². The van der Waals surface area contributed by atoms with Gasteiger partial charge in [-0.1, -0.05) is 47.3 Å². The molecular weight excluding hydrogens is 534 g/mol. The van der Waals surface area contributed by atoms with Crippen molar-refractivity contribution in [1.29, 1.82) is 0 Å². The number of hydrogen-bond donors (Lipinski definition) is 1. The molecule has 5 aromatic rings. The van der Waals surface area contributed by atoms with Gasteiger partial charge in [-0.15, -0.1) is 26.6 Å². The van der Waals surface area contributed by atoms with Gasteiger partial charge in [0.1, 0.15) is 17.1 Å². The molecule has 2 aromatic carbocycles. The fourth-order valence-electron chi connectivity index (χ4n) is 4.74. The summed E-state index contributed by atoms with van der Waals surface area (Å²) in [6, 6.07) is 17.6. The summed E-state index contributed by atoms with van der Waals surface area (Å²) in [5, 5.41) is 21.6. The molecule has 1 aliphatic carbocycles. The van der Waals surface area contributed by atoms with E-state index in [-0.39, 0.29) is 12.3 Å². The Kier molecular flexibility index (Phi) is 7.12.